The van der Waals surface area contributed by atoms with E-state index in [-0.39, 0.29) is 36.5 Å². The average Bonchev–Trinajstić information content (AvgIpc) is 3.68. The third kappa shape index (κ3) is 9.61. The molecule has 40 heavy (non-hydrogen) atoms. The molecule has 2 heterocycles. The number of amidine groups is 2. The molecule has 0 spiro atoms. The summed E-state index contributed by atoms with van der Waals surface area (Å²) in [7, 11) is 0. The highest BCUT2D eigenvalue weighted by Crippen LogP contribution is 2.27. The maximum absolute atomic E-state index is 9.46. The monoisotopic (exact) mass is 556 g/mol. The summed E-state index contributed by atoms with van der Waals surface area (Å²) in [5.74, 6) is 0.161. The molecule has 2 aromatic rings. The lowest BCUT2D eigenvalue weighted by Gasteiger charge is -2.12. The lowest BCUT2D eigenvalue weighted by atomic mass is 10.2. The van der Waals surface area contributed by atoms with Crippen molar-refractivity contribution in [3.8, 4) is 0 Å². The molecule has 0 bridgehead atoms. The topological polar surface area (TPSA) is 150 Å². The molecule has 4 unspecified atom stereocenters. The maximum atomic E-state index is 9.46. The number of nitrogens with one attached hydrogen (secondary N) is 4. The van der Waals surface area contributed by atoms with Gasteiger partial charge in [0.2, 0.25) is 0 Å². The maximum Gasteiger partial charge on any atom is 0.190 e. The first-order valence-corrected chi connectivity index (χ1v) is 13.7. The summed E-state index contributed by atoms with van der Waals surface area (Å²) < 4.78 is 23.3. The van der Waals surface area contributed by atoms with Gasteiger partial charge in [0, 0.05) is 37.3 Å². The van der Waals surface area contributed by atoms with Gasteiger partial charge in [0.15, 0.2) is 24.3 Å². The van der Waals surface area contributed by atoms with E-state index < -0.39 is 0 Å². The van der Waals surface area contributed by atoms with Gasteiger partial charge in [0.25, 0.3) is 0 Å². The molecule has 2 saturated heterocycles. The minimum absolute atomic E-state index is 0.0135. The number of ether oxygens (including phenoxy) is 4. The second-order valence-electron chi connectivity index (χ2n) is 9.47. The fourth-order valence-electron chi connectivity index (χ4n) is 4.32. The molecule has 2 aliphatic rings. The molecule has 0 aliphatic carbocycles. The Kier molecular flexibility index (Phi) is 12.8. The minimum atomic E-state index is -0.321. The van der Waals surface area contributed by atoms with E-state index in [1.54, 1.807) is 0 Å². The van der Waals surface area contributed by atoms with Gasteiger partial charge in [0.05, 0.1) is 25.4 Å². The molecule has 6 N–H and O–H groups in total. The van der Waals surface area contributed by atoms with Gasteiger partial charge in [-0.3, -0.25) is 20.4 Å². The van der Waals surface area contributed by atoms with Crippen LogP contribution in [0.2, 0.25) is 0 Å². The summed E-state index contributed by atoms with van der Waals surface area (Å²) in [4.78, 5) is 8.59. The molecule has 12 heteroatoms. The van der Waals surface area contributed by atoms with Crippen molar-refractivity contribution >= 4 is 11.7 Å². The minimum Gasteiger partial charge on any atom is -0.346 e. The summed E-state index contributed by atoms with van der Waals surface area (Å²) in [5, 5.41) is 25.6. The first kappa shape index (κ1) is 30.0. The lowest BCUT2D eigenvalue weighted by Crippen LogP contribution is -2.38. The largest absolute Gasteiger partial charge is 0.346 e. The quantitative estimate of drug-likeness (QED) is 0.0882. The summed E-state index contributed by atoms with van der Waals surface area (Å²) >= 11 is 0. The molecule has 0 saturated carbocycles. The van der Waals surface area contributed by atoms with Crippen LogP contribution in [0.15, 0.2) is 70.6 Å². The molecule has 2 fully saturated rings. The Morgan fingerprint density at radius 3 is 1.50 bits per heavy atom. The Balaban J connectivity index is 1.06. The van der Waals surface area contributed by atoms with E-state index in [1.807, 2.05) is 71.6 Å². The van der Waals surface area contributed by atoms with Crippen LogP contribution in [0.4, 0.5) is 0 Å². The normalized spacial score (nSPS) is 23.4. The summed E-state index contributed by atoms with van der Waals surface area (Å²) in [6.07, 6.45) is 0.780. The van der Waals surface area contributed by atoms with Gasteiger partial charge in [-0.25, -0.2) is 11.0 Å². The van der Waals surface area contributed by atoms with E-state index in [0.29, 0.717) is 52.5 Å². The van der Waals surface area contributed by atoms with Gasteiger partial charge < -0.3 is 29.6 Å². The van der Waals surface area contributed by atoms with Crippen molar-refractivity contribution in [2.75, 3.05) is 52.5 Å². The van der Waals surface area contributed by atoms with Crippen LogP contribution in [-0.2, 0) is 18.9 Å². The fourth-order valence-corrected chi connectivity index (χ4v) is 4.32. The van der Waals surface area contributed by atoms with Gasteiger partial charge in [0.1, 0.15) is 0 Å². The number of hydrogen-bond acceptors (Lipinski definition) is 10. The Bertz CT molecular complexity index is 961. The Morgan fingerprint density at radius 2 is 1.10 bits per heavy atom. The molecule has 0 aromatic heterocycles. The Hall–Kier alpha value is -2.94. The van der Waals surface area contributed by atoms with Crippen LogP contribution < -0.4 is 21.6 Å². The highest BCUT2D eigenvalue weighted by atomic mass is 16.7. The summed E-state index contributed by atoms with van der Waals surface area (Å²) in [5.41, 5.74) is 6.05. The van der Waals surface area contributed by atoms with Crippen LogP contribution in [0.5, 0.6) is 0 Å². The van der Waals surface area contributed by atoms with Crippen LogP contribution in [0.3, 0.4) is 0 Å². The van der Waals surface area contributed by atoms with Crippen molar-refractivity contribution in [3.63, 3.8) is 0 Å². The Labute approximate surface area is 234 Å². The van der Waals surface area contributed by atoms with Crippen molar-refractivity contribution in [2.24, 2.45) is 9.98 Å². The van der Waals surface area contributed by atoms with E-state index in [2.05, 4.69) is 20.6 Å². The summed E-state index contributed by atoms with van der Waals surface area (Å²) in [6.45, 7) is 4.71. The number of benzene rings is 2. The van der Waals surface area contributed by atoms with Crippen LogP contribution in [-0.4, -0.2) is 86.8 Å². The molecule has 218 valence electrons. The number of hydroxylamine groups is 2. The third-order valence-electron chi connectivity index (χ3n) is 6.39. The third-order valence-corrected chi connectivity index (χ3v) is 6.39. The van der Waals surface area contributed by atoms with Gasteiger partial charge in [-0.15, -0.1) is 0 Å². The second-order valence-corrected chi connectivity index (χ2v) is 9.47. The van der Waals surface area contributed by atoms with Crippen molar-refractivity contribution in [1.82, 2.24) is 21.6 Å². The van der Waals surface area contributed by atoms with E-state index in [1.165, 1.54) is 0 Å². The molecule has 0 radical (unpaired) electrons. The zero-order chi connectivity index (χ0) is 27.8. The Morgan fingerprint density at radius 1 is 0.675 bits per heavy atom. The lowest BCUT2D eigenvalue weighted by molar-refractivity contribution is -0.0598. The molecular weight excluding hydrogens is 516 g/mol. The van der Waals surface area contributed by atoms with Crippen molar-refractivity contribution < 1.29 is 29.4 Å². The summed E-state index contributed by atoms with van der Waals surface area (Å²) in [6, 6.07) is 19.8. The fraction of sp³-hybridized carbons (Fsp3) is 0.500. The zero-order valence-corrected chi connectivity index (χ0v) is 22.6. The molecule has 4 rings (SSSR count). The molecule has 12 nitrogen and oxygen atoms in total. The molecule has 2 aliphatic heterocycles. The number of rotatable bonds is 14. The van der Waals surface area contributed by atoms with Crippen LogP contribution >= 0.6 is 0 Å². The number of hydrogen-bond donors (Lipinski definition) is 6. The van der Waals surface area contributed by atoms with E-state index in [4.69, 9.17) is 18.9 Å². The zero-order valence-electron chi connectivity index (χ0n) is 22.6. The average molecular weight is 557 g/mol. The van der Waals surface area contributed by atoms with E-state index in [0.717, 1.165) is 24.0 Å². The van der Waals surface area contributed by atoms with Gasteiger partial charge >= 0.3 is 0 Å². The van der Waals surface area contributed by atoms with E-state index in [9.17, 15) is 10.4 Å². The van der Waals surface area contributed by atoms with Crippen molar-refractivity contribution in [1.29, 1.82) is 0 Å². The first-order valence-electron chi connectivity index (χ1n) is 13.7. The molecule has 4 atom stereocenters. The predicted octanol–water partition coefficient (Wildman–Crippen LogP) is 1.93. The standard InChI is InChI=1S/C28H40N6O6/c35-33-25(31-15-7-13-29-17-23-19-37-27(39-23)21-9-3-1-4-10-21)26(34-36)32-16-8-14-30-18-24-20-38-28(40-24)22-11-5-2-6-12-22/h1-6,9-12,23-24,27-30,35-36H,7-8,13-20H2,(H,31,33)(H,32,34). The number of nitrogens with zero attached hydrogens (tertiary/aromatic N) is 2. The van der Waals surface area contributed by atoms with Crippen LogP contribution in [0, 0.1) is 0 Å². The van der Waals surface area contributed by atoms with Crippen LogP contribution in [0.1, 0.15) is 36.5 Å². The van der Waals surface area contributed by atoms with Gasteiger partial charge in [-0.05, 0) is 25.9 Å². The molecule has 2 aromatic carbocycles. The van der Waals surface area contributed by atoms with Crippen LogP contribution in [0.25, 0.3) is 0 Å². The number of aliphatic imine (C=N–C) groups is 2. The predicted molar refractivity (Wildman–Crippen MR) is 149 cm³/mol. The highest BCUT2D eigenvalue weighted by Gasteiger charge is 2.27. The van der Waals surface area contributed by atoms with Crippen molar-refractivity contribution in [3.05, 3.63) is 71.8 Å². The SMILES string of the molecule is ONC(=NCCCNCC1COC(c2ccccc2)O1)C(=NCCCNCC1COC(c2ccccc2)O1)NO. The first-order chi connectivity index (χ1) is 19.8. The van der Waals surface area contributed by atoms with E-state index >= 15 is 0 Å². The van der Waals surface area contributed by atoms with Gasteiger partial charge in [-0.1, -0.05) is 60.7 Å². The van der Waals surface area contributed by atoms with Gasteiger partial charge in [-0.2, -0.15) is 0 Å². The molecule has 0 amide bonds. The molecular formula is C28H40N6O6. The second kappa shape index (κ2) is 17.0. The highest BCUT2D eigenvalue weighted by molar-refractivity contribution is 6.39. The smallest absolute Gasteiger partial charge is 0.190 e. The van der Waals surface area contributed by atoms with Crippen molar-refractivity contribution in [2.45, 2.75) is 37.6 Å².